The Bertz CT molecular complexity index is 206. The van der Waals surface area contributed by atoms with E-state index in [9.17, 15) is 15.0 Å². The molecule has 1 aliphatic heterocycles. The second kappa shape index (κ2) is 4.70. The van der Waals surface area contributed by atoms with Gasteiger partial charge in [0.2, 0.25) is 0 Å². The van der Waals surface area contributed by atoms with E-state index in [0.29, 0.717) is 0 Å². The normalized spacial score (nSPS) is 38.0. The minimum atomic E-state index is -1.26. The number of hydrogen-bond acceptors (Lipinski definition) is 6. The van der Waals surface area contributed by atoms with E-state index in [4.69, 9.17) is 9.84 Å². The van der Waals surface area contributed by atoms with Gasteiger partial charge in [-0.1, -0.05) is 0 Å². The molecular formula is C8H14O6. The molecule has 0 bridgehead atoms. The van der Waals surface area contributed by atoms with Gasteiger partial charge in [-0.15, -0.1) is 0 Å². The van der Waals surface area contributed by atoms with E-state index >= 15 is 0 Å². The Labute approximate surface area is 81.1 Å². The van der Waals surface area contributed by atoms with Crippen molar-refractivity contribution in [1.82, 2.24) is 0 Å². The lowest BCUT2D eigenvalue weighted by molar-refractivity contribution is -0.200. The lowest BCUT2D eigenvalue weighted by atomic mass is 10.0. The van der Waals surface area contributed by atoms with Gasteiger partial charge >= 0.3 is 5.97 Å². The van der Waals surface area contributed by atoms with Crippen LogP contribution in [-0.4, -0.2) is 58.9 Å². The Morgan fingerprint density at radius 3 is 2.64 bits per heavy atom. The summed E-state index contributed by atoms with van der Waals surface area (Å²) in [5.41, 5.74) is 0. The molecular weight excluding hydrogens is 192 g/mol. The van der Waals surface area contributed by atoms with Gasteiger partial charge in [0.1, 0.15) is 31.0 Å². The van der Waals surface area contributed by atoms with Crippen LogP contribution in [0.3, 0.4) is 0 Å². The van der Waals surface area contributed by atoms with E-state index in [1.165, 1.54) is 6.92 Å². The number of hydrogen-bond donors (Lipinski definition) is 3. The van der Waals surface area contributed by atoms with Crippen molar-refractivity contribution >= 4 is 5.97 Å². The largest absolute Gasteiger partial charge is 0.463 e. The first kappa shape index (κ1) is 11.4. The van der Waals surface area contributed by atoms with Crippen molar-refractivity contribution in [1.29, 1.82) is 0 Å². The molecule has 3 N–H and O–H groups in total. The van der Waals surface area contributed by atoms with Gasteiger partial charge < -0.3 is 24.8 Å². The highest BCUT2D eigenvalue weighted by Crippen LogP contribution is 2.15. The zero-order valence-corrected chi connectivity index (χ0v) is 7.79. The van der Waals surface area contributed by atoms with Crippen molar-refractivity contribution in [2.75, 3.05) is 13.2 Å². The molecule has 1 saturated heterocycles. The first-order valence-electron chi connectivity index (χ1n) is 4.31. The Morgan fingerprint density at radius 1 is 1.43 bits per heavy atom. The molecule has 1 fully saturated rings. The predicted octanol–water partition coefficient (Wildman–Crippen LogP) is -1.97. The minimum Gasteiger partial charge on any atom is -0.463 e. The smallest absolute Gasteiger partial charge is 0.302 e. The molecule has 0 amide bonds. The molecule has 0 spiro atoms. The second-order valence-electron chi connectivity index (χ2n) is 3.22. The van der Waals surface area contributed by atoms with Crippen LogP contribution in [-0.2, 0) is 14.3 Å². The van der Waals surface area contributed by atoms with Gasteiger partial charge in [0.15, 0.2) is 0 Å². The molecule has 3 unspecified atom stereocenters. The van der Waals surface area contributed by atoms with Gasteiger partial charge in [-0.2, -0.15) is 0 Å². The Kier molecular flexibility index (Phi) is 3.82. The second-order valence-corrected chi connectivity index (χ2v) is 3.22. The molecule has 4 atom stereocenters. The van der Waals surface area contributed by atoms with Gasteiger partial charge in [-0.3, -0.25) is 4.79 Å². The first-order chi connectivity index (χ1) is 6.52. The zero-order chi connectivity index (χ0) is 10.7. The number of carbonyl (C=O) groups is 1. The van der Waals surface area contributed by atoms with Gasteiger partial charge in [0.25, 0.3) is 0 Å². The number of aliphatic hydroxyl groups is 3. The van der Waals surface area contributed by atoms with Gasteiger partial charge in [0.05, 0.1) is 6.61 Å². The molecule has 14 heavy (non-hydrogen) atoms. The highest BCUT2D eigenvalue weighted by atomic mass is 16.6. The average Bonchev–Trinajstić information content (AvgIpc) is 2.13. The van der Waals surface area contributed by atoms with E-state index in [1.807, 2.05) is 0 Å². The Balaban J connectivity index is 2.42. The number of esters is 1. The lowest BCUT2D eigenvalue weighted by Crippen LogP contribution is -2.54. The monoisotopic (exact) mass is 206 g/mol. The lowest BCUT2D eigenvalue weighted by Gasteiger charge is -2.34. The molecule has 1 rings (SSSR count). The van der Waals surface area contributed by atoms with Gasteiger partial charge in [-0.25, -0.2) is 0 Å². The maximum Gasteiger partial charge on any atom is 0.302 e. The molecule has 0 radical (unpaired) electrons. The third kappa shape index (κ3) is 2.65. The molecule has 6 nitrogen and oxygen atoms in total. The highest BCUT2D eigenvalue weighted by Gasteiger charge is 2.37. The summed E-state index contributed by atoms with van der Waals surface area (Å²) in [6, 6.07) is 0. The molecule has 0 aliphatic carbocycles. The minimum absolute atomic E-state index is 0.0792. The van der Waals surface area contributed by atoms with Crippen LogP contribution in [0.1, 0.15) is 6.92 Å². The summed E-state index contributed by atoms with van der Waals surface area (Å²) in [5.74, 6) is -0.485. The van der Waals surface area contributed by atoms with Crippen molar-refractivity contribution in [3.05, 3.63) is 0 Å². The van der Waals surface area contributed by atoms with Crippen LogP contribution in [0.2, 0.25) is 0 Å². The molecule has 0 saturated carbocycles. The van der Waals surface area contributed by atoms with Crippen molar-refractivity contribution in [3.63, 3.8) is 0 Å². The Hall–Kier alpha value is -0.690. The van der Waals surface area contributed by atoms with Crippen LogP contribution in [0.25, 0.3) is 0 Å². The maximum atomic E-state index is 10.5. The van der Waals surface area contributed by atoms with Crippen LogP contribution in [0.15, 0.2) is 0 Å². The van der Waals surface area contributed by atoms with E-state index in [0.717, 1.165) is 0 Å². The molecule has 0 aromatic heterocycles. The van der Waals surface area contributed by atoms with Gasteiger partial charge in [0, 0.05) is 6.92 Å². The average molecular weight is 206 g/mol. The molecule has 1 heterocycles. The fraction of sp³-hybridized carbons (Fsp3) is 0.875. The molecule has 0 aromatic carbocycles. The van der Waals surface area contributed by atoms with Crippen molar-refractivity contribution < 1.29 is 29.6 Å². The molecule has 82 valence electrons. The number of carbonyl (C=O) groups excluding carboxylic acids is 1. The summed E-state index contributed by atoms with van der Waals surface area (Å²) in [6.07, 6.45) is -4.38. The maximum absolute atomic E-state index is 10.5. The zero-order valence-electron chi connectivity index (χ0n) is 7.79. The Morgan fingerprint density at radius 2 is 2.07 bits per heavy atom. The number of aliphatic hydroxyl groups excluding tert-OH is 3. The quantitative estimate of drug-likeness (QED) is 0.454. The fourth-order valence-electron chi connectivity index (χ4n) is 1.21. The highest BCUT2D eigenvalue weighted by molar-refractivity contribution is 5.65. The number of rotatable bonds is 2. The van der Waals surface area contributed by atoms with Crippen LogP contribution in [0, 0.1) is 0 Å². The standard InChI is InChI=1S/C8H14O6/c1-4(9)13-3-6-8(12)7(11)5(10)2-14-6/h5-8,10-12H,2-3H2,1H3/t5?,6?,7?,8-/m1/s1. The van der Waals surface area contributed by atoms with Crippen molar-refractivity contribution in [2.24, 2.45) is 0 Å². The van der Waals surface area contributed by atoms with E-state index in [2.05, 4.69) is 4.74 Å². The van der Waals surface area contributed by atoms with Crippen molar-refractivity contribution in [3.8, 4) is 0 Å². The summed E-state index contributed by atoms with van der Waals surface area (Å²) in [6.45, 7) is 1.03. The molecule has 1 aliphatic rings. The van der Waals surface area contributed by atoms with Crippen LogP contribution in [0.5, 0.6) is 0 Å². The number of ether oxygens (including phenoxy) is 2. The molecule has 0 aromatic rings. The summed E-state index contributed by atoms with van der Waals surface area (Å²) < 4.78 is 9.60. The van der Waals surface area contributed by atoms with E-state index in [1.54, 1.807) is 0 Å². The SMILES string of the molecule is CC(=O)OCC1OCC(O)C(O)[C@@H]1O. The first-order valence-corrected chi connectivity index (χ1v) is 4.31. The van der Waals surface area contributed by atoms with Crippen LogP contribution in [0.4, 0.5) is 0 Å². The third-order valence-electron chi connectivity index (χ3n) is 2.06. The van der Waals surface area contributed by atoms with E-state index in [-0.39, 0.29) is 13.2 Å². The van der Waals surface area contributed by atoms with Crippen molar-refractivity contribution in [2.45, 2.75) is 31.3 Å². The fourth-order valence-corrected chi connectivity index (χ4v) is 1.21. The summed E-state index contributed by atoms with van der Waals surface area (Å²) in [4.78, 5) is 10.5. The molecule has 6 heteroatoms. The third-order valence-corrected chi connectivity index (χ3v) is 2.06. The predicted molar refractivity (Wildman–Crippen MR) is 44.4 cm³/mol. The summed E-state index contributed by atoms with van der Waals surface area (Å²) in [5, 5.41) is 27.8. The topological polar surface area (TPSA) is 96.2 Å². The van der Waals surface area contributed by atoms with Crippen LogP contribution < -0.4 is 0 Å². The van der Waals surface area contributed by atoms with Gasteiger partial charge in [-0.05, 0) is 0 Å². The summed E-state index contributed by atoms with van der Waals surface area (Å²) in [7, 11) is 0. The van der Waals surface area contributed by atoms with Crippen LogP contribution >= 0.6 is 0 Å². The summed E-state index contributed by atoms with van der Waals surface area (Å²) >= 11 is 0. The van der Waals surface area contributed by atoms with E-state index < -0.39 is 30.4 Å².